The third-order valence-electron chi connectivity index (χ3n) is 2.01. The predicted molar refractivity (Wildman–Crippen MR) is 58.1 cm³/mol. The van der Waals surface area contributed by atoms with E-state index in [0.717, 1.165) is 19.3 Å². The van der Waals surface area contributed by atoms with Crippen LogP contribution >= 0.6 is 11.6 Å². The molecule has 4 nitrogen and oxygen atoms in total. The molecule has 0 radical (unpaired) electrons. The van der Waals surface area contributed by atoms with Crippen molar-refractivity contribution in [2.75, 3.05) is 19.6 Å². The Morgan fingerprint density at radius 3 is 2.80 bits per heavy atom. The summed E-state index contributed by atoms with van der Waals surface area (Å²) in [4.78, 5) is 0. The van der Waals surface area contributed by atoms with E-state index in [4.69, 9.17) is 20.8 Å². The van der Waals surface area contributed by atoms with Crippen LogP contribution in [0, 0.1) is 5.92 Å². The minimum atomic E-state index is 0.399. The highest BCUT2D eigenvalue weighted by atomic mass is 35.5. The highest BCUT2D eigenvalue weighted by Crippen LogP contribution is 2.09. The van der Waals surface area contributed by atoms with Crippen LogP contribution in [-0.2, 0) is 17.6 Å². The van der Waals surface area contributed by atoms with Crippen molar-refractivity contribution in [3.63, 3.8) is 0 Å². The lowest BCUT2D eigenvalue weighted by Gasteiger charge is -2.05. The molecule has 5 heteroatoms. The summed E-state index contributed by atoms with van der Waals surface area (Å²) in [5, 5.41) is 7.93. The third-order valence-corrected chi connectivity index (χ3v) is 2.27. The van der Waals surface area contributed by atoms with Crippen LogP contribution in [0.2, 0.25) is 0 Å². The number of rotatable bonds is 7. The maximum Gasteiger partial charge on any atom is 0.216 e. The Kier molecular flexibility index (Phi) is 5.65. The Morgan fingerprint density at radius 2 is 2.13 bits per heavy atom. The molecule has 1 rings (SSSR count). The smallest absolute Gasteiger partial charge is 0.216 e. The van der Waals surface area contributed by atoms with Gasteiger partial charge >= 0.3 is 0 Å². The molecule has 1 aromatic rings. The Morgan fingerprint density at radius 1 is 1.40 bits per heavy atom. The van der Waals surface area contributed by atoms with Crippen molar-refractivity contribution in [1.29, 1.82) is 0 Å². The maximum atomic E-state index is 5.58. The zero-order valence-electron chi connectivity index (χ0n) is 9.20. The molecule has 0 aliphatic carbocycles. The molecular formula is C10H17ClN2O2. The first-order valence-electron chi connectivity index (χ1n) is 5.12. The Bertz CT molecular complexity index is 278. The molecule has 86 valence electrons. The van der Waals surface area contributed by atoms with Crippen molar-refractivity contribution in [3.8, 4) is 0 Å². The number of hydrogen-bond donors (Lipinski definition) is 0. The largest absolute Gasteiger partial charge is 0.425 e. The number of ether oxygens (including phenoxy) is 1. The van der Waals surface area contributed by atoms with E-state index in [1.807, 2.05) is 0 Å². The third kappa shape index (κ3) is 4.62. The highest BCUT2D eigenvalue weighted by Gasteiger charge is 2.10. The predicted octanol–water partition coefficient (Wildman–Crippen LogP) is 2.07. The zero-order chi connectivity index (χ0) is 11.1. The van der Waals surface area contributed by atoms with Gasteiger partial charge in [-0.1, -0.05) is 6.92 Å². The molecule has 0 bridgehead atoms. The summed E-state index contributed by atoms with van der Waals surface area (Å²) >= 11 is 5.58. The second-order valence-corrected chi connectivity index (χ2v) is 4.02. The van der Waals surface area contributed by atoms with Crippen molar-refractivity contribution < 1.29 is 9.15 Å². The Labute approximate surface area is 95.0 Å². The van der Waals surface area contributed by atoms with Gasteiger partial charge in [-0.05, 0) is 12.3 Å². The summed E-state index contributed by atoms with van der Waals surface area (Å²) in [6.45, 7) is 2.80. The van der Waals surface area contributed by atoms with E-state index in [-0.39, 0.29) is 0 Å². The first kappa shape index (κ1) is 12.5. The lowest BCUT2D eigenvalue weighted by atomic mass is 10.1. The molecule has 1 unspecified atom stereocenters. The lowest BCUT2D eigenvalue weighted by molar-refractivity contribution is 0.156. The van der Waals surface area contributed by atoms with Crippen molar-refractivity contribution in [2.24, 2.45) is 5.92 Å². The van der Waals surface area contributed by atoms with Crippen LogP contribution in [0.1, 0.15) is 25.1 Å². The second kappa shape index (κ2) is 6.80. The van der Waals surface area contributed by atoms with Gasteiger partial charge in [0.05, 0.1) is 0 Å². The molecular weight excluding hydrogens is 216 g/mol. The van der Waals surface area contributed by atoms with Gasteiger partial charge in [-0.3, -0.25) is 0 Å². The van der Waals surface area contributed by atoms with Crippen molar-refractivity contribution in [2.45, 2.75) is 26.2 Å². The van der Waals surface area contributed by atoms with Gasteiger partial charge in [0.25, 0.3) is 0 Å². The number of aryl methyl sites for hydroxylation is 1. The van der Waals surface area contributed by atoms with Crippen LogP contribution in [0.3, 0.4) is 0 Å². The molecule has 0 spiro atoms. The second-order valence-electron chi connectivity index (χ2n) is 3.65. The molecule has 0 fully saturated rings. The molecule has 0 amide bonds. The minimum Gasteiger partial charge on any atom is -0.425 e. The van der Waals surface area contributed by atoms with Gasteiger partial charge in [0.15, 0.2) is 0 Å². The van der Waals surface area contributed by atoms with Crippen LogP contribution in [0.15, 0.2) is 4.42 Å². The minimum absolute atomic E-state index is 0.399. The van der Waals surface area contributed by atoms with E-state index < -0.39 is 0 Å². The molecule has 0 aliphatic heterocycles. The Hall–Kier alpha value is -0.610. The number of hydrogen-bond acceptors (Lipinski definition) is 4. The zero-order valence-corrected chi connectivity index (χ0v) is 9.96. The van der Waals surface area contributed by atoms with Crippen LogP contribution < -0.4 is 0 Å². The standard InChI is InChI=1S/C10H17ClN2O2/c1-8(7-14-2)6-10-13-12-9(15-10)4-3-5-11/h8H,3-7H2,1-2H3. The fraction of sp³-hybridized carbons (Fsp3) is 0.800. The van der Waals surface area contributed by atoms with Gasteiger partial charge in [0, 0.05) is 32.4 Å². The molecule has 1 aromatic heterocycles. The Balaban J connectivity index is 2.38. The molecule has 0 saturated heterocycles. The summed E-state index contributed by atoms with van der Waals surface area (Å²) in [6.07, 6.45) is 2.40. The topological polar surface area (TPSA) is 48.2 Å². The summed E-state index contributed by atoms with van der Waals surface area (Å²) in [7, 11) is 1.69. The SMILES string of the molecule is COCC(C)Cc1nnc(CCCCl)o1. The van der Waals surface area contributed by atoms with Crippen LogP contribution in [0.4, 0.5) is 0 Å². The quantitative estimate of drug-likeness (QED) is 0.676. The van der Waals surface area contributed by atoms with E-state index in [1.165, 1.54) is 0 Å². The highest BCUT2D eigenvalue weighted by molar-refractivity contribution is 6.17. The molecule has 1 atom stereocenters. The molecule has 15 heavy (non-hydrogen) atoms. The average Bonchev–Trinajstić information content (AvgIpc) is 2.63. The van der Waals surface area contributed by atoms with Crippen LogP contribution in [0.5, 0.6) is 0 Å². The monoisotopic (exact) mass is 232 g/mol. The van der Waals surface area contributed by atoms with Crippen molar-refractivity contribution >= 4 is 11.6 Å². The summed E-state index contributed by atoms with van der Waals surface area (Å²) in [5.41, 5.74) is 0. The first-order chi connectivity index (χ1) is 7.26. The number of alkyl halides is 1. The number of aromatic nitrogens is 2. The fourth-order valence-corrected chi connectivity index (χ4v) is 1.47. The van der Waals surface area contributed by atoms with E-state index in [0.29, 0.717) is 30.2 Å². The van der Waals surface area contributed by atoms with Gasteiger partial charge in [0.1, 0.15) is 0 Å². The lowest BCUT2D eigenvalue weighted by Crippen LogP contribution is -2.07. The van der Waals surface area contributed by atoms with E-state index >= 15 is 0 Å². The van der Waals surface area contributed by atoms with E-state index in [2.05, 4.69) is 17.1 Å². The van der Waals surface area contributed by atoms with Gasteiger partial charge in [-0.25, -0.2) is 0 Å². The number of methoxy groups -OCH3 is 1. The molecule has 0 aromatic carbocycles. The van der Waals surface area contributed by atoms with Crippen LogP contribution in [0.25, 0.3) is 0 Å². The average molecular weight is 233 g/mol. The maximum absolute atomic E-state index is 5.58. The number of nitrogens with zero attached hydrogens (tertiary/aromatic N) is 2. The summed E-state index contributed by atoms with van der Waals surface area (Å²) in [6, 6.07) is 0. The summed E-state index contributed by atoms with van der Waals surface area (Å²) < 4.78 is 10.5. The van der Waals surface area contributed by atoms with Crippen LogP contribution in [-0.4, -0.2) is 29.8 Å². The normalized spacial score (nSPS) is 13.0. The molecule has 1 heterocycles. The first-order valence-corrected chi connectivity index (χ1v) is 5.66. The van der Waals surface area contributed by atoms with Gasteiger partial charge < -0.3 is 9.15 Å². The van der Waals surface area contributed by atoms with Gasteiger partial charge in [-0.15, -0.1) is 21.8 Å². The molecule has 0 N–H and O–H groups in total. The van der Waals surface area contributed by atoms with Crippen molar-refractivity contribution in [3.05, 3.63) is 11.8 Å². The molecule has 0 saturated carbocycles. The van der Waals surface area contributed by atoms with E-state index in [1.54, 1.807) is 7.11 Å². The summed E-state index contributed by atoms with van der Waals surface area (Å²) in [5.74, 6) is 2.38. The number of halogens is 1. The fourth-order valence-electron chi connectivity index (χ4n) is 1.33. The van der Waals surface area contributed by atoms with Gasteiger partial charge in [-0.2, -0.15) is 0 Å². The molecule has 0 aliphatic rings. The van der Waals surface area contributed by atoms with E-state index in [9.17, 15) is 0 Å². The van der Waals surface area contributed by atoms with Crippen molar-refractivity contribution in [1.82, 2.24) is 10.2 Å². The van der Waals surface area contributed by atoms with Gasteiger partial charge in [0.2, 0.25) is 11.8 Å².